The quantitative estimate of drug-likeness (QED) is 0.0754. The minimum absolute atomic E-state index is 0. The largest absolute Gasteiger partial charge is 1.00 e. The van der Waals surface area contributed by atoms with Crippen LogP contribution in [-0.2, 0) is 63.7 Å². The molecule has 4 aromatic rings. The first kappa shape index (κ1) is 61.7. The van der Waals surface area contributed by atoms with Crippen LogP contribution < -0.4 is 57.1 Å². The molecule has 0 unspecified atom stereocenters. The van der Waals surface area contributed by atoms with Gasteiger partial charge in [-0.1, -0.05) is 36.4 Å². The summed E-state index contributed by atoms with van der Waals surface area (Å²) in [6.07, 6.45) is 13.4. The molecular weight excluding hydrogens is 1270 g/mol. The Labute approximate surface area is 430 Å². The Bertz CT molecular complexity index is 2460. The van der Waals surface area contributed by atoms with Gasteiger partial charge in [-0.15, -0.1) is 0 Å². The molecule has 4 heterocycles. The number of aromatic nitrogens is 2. The number of nitrogens with zero attached hydrogens (tertiary/aromatic N) is 4. The number of pyridine rings is 2. The van der Waals surface area contributed by atoms with E-state index in [1.165, 1.54) is 56.4 Å². The first-order chi connectivity index (χ1) is 27.9. The van der Waals surface area contributed by atoms with Gasteiger partial charge < -0.3 is 79.6 Å². The Morgan fingerprint density at radius 3 is 1.08 bits per heavy atom. The third kappa shape index (κ3) is 14.9. The van der Waals surface area contributed by atoms with Crippen LogP contribution in [0, 0.1) is 4.43 Å². The molecule has 10 nitrogen and oxygen atoms in total. The molecule has 64 heavy (non-hydrogen) atoms. The average Bonchev–Trinajstić information content (AvgIpc) is 3.46. The van der Waals surface area contributed by atoms with Crippen molar-refractivity contribution in [2.45, 2.75) is 56.5 Å². The average molecular weight is 1310 g/mol. The monoisotopic (exact) mass is 1310 g/mol. The molecule has 0 atom stereocenters. The maximum absolute atomic E-state index is 10.7. The van der Waals surface area contributed by atoms with E-state index >= 15 is 0 Å². The number of alkyl halides is 6. The molecule has 1 radical (unpaired) electrons. The van der Waals surface area contributed by atoms with Crippen molar-refractivity contribution in [2.75, 3.05) is 14.1 Å². The number of allylic oxidation sites excluding steroid dienone is 2. The van der Waals surface area contributed by atoms with Gasteiger partial charge in [0.15, 0.2) is 44.1 Å². The molecule has 2 aliphatic rings. The van der Waals surface area contributed by atoms with E-state index < -0.39 is 31.3 Å². The number of rotatable bonds is 5. The van der Waals surface area contributed by atoms with Crippen molar-refractivity contribution in [1.29, 1.82) is 0 Å². The van der Waals surface area contributed by atoms with E-state index in [1.807, 2.05) is 11.4 Å². The molecule has 0 saturated heterocycles. The molecule has 2 aromatic heterocycles. The van der Waals surface area contributed by atoms with Crippen LogP contribution in [0.4, 0.5) is 37.7 Å². The van der Waals surface area contributed by atoms with Crippen LogP contribution in [0.3, 0.4) is 0 Å². The van der Waals surface area contributed by atoms with E-state index in [2.05, 4.69) is 206 Å². The topological polar surface area (TPSA) is 128 Å². The maximum Gasteiger partial charge on any atom is 0.485 e. The van der Waals surface area contributed by atoms with Crippen LogP contribution in [0.2, 0.25) is 0 Å². The van der Waals surface area contributed by atoms with E-state index in [4.69, 9.17) is 25.9 Å². The van der Waals surface area contributed by atoms with Crippen LogP contribution >= 0.6 is 22.6 Å². The van der Waals surface area contributed by atoms with Gasteiger partial charge >= 0.3 is 11.0 Å². The van der Waals surface area contributed by atoms with Gasteiger partial charge in [0.2, 0.25) is 11.4 Å². The summed E-state index contributed by atoms with van der Waals surface area (Å²) in [5.41, 5.74) is 1.29. The summed E-state index contributed by atoms with van der Waals surface area (Å²) in [5, 5.41) is 0. The molecule has 0 spiro atoms. The summed E-state index contributed by atoms with van der Waals surface area (Å²) in [5.74, 6) is 0. The Kier molecular flexibility index (Phi) is 23.3. The summed E-state index contributed by atoms with van der Waals surface area (Å²) >= 11 is 2.16. The molecule has 2 aromatic carbocycles. The second-order valence-corrected chi connectivity index (χ2v) is 18.8. The Hall–Kier alpha value is -2.27. The number of halogens is 9. The number of para-hydroxylation sites is 2. The predicted octanol–water partition coefficient (Wildman–Crippen LogP) is 2.15. The van der Waals surface area contributed by atoms with Crippen LogP contribution in [0.25, 0.3) is 23.5 Å². The molecular formula is C42H46F6I3N4O6S2V-. The Morgan fingerprint density at radius 2 is 0.844 bits per heavy atom. The van der Waals surface area contributed by atoms with Crippen molar-refractivity contribution >= 4 is 77.8 Å². The van der Waals surface area contributed by atoms with Crippen molar-refractivity contribution in [1.82, 2.24) is 0 Å². The van der Waals surface area contributed by atoms with E-state index in [-0.39, 0.29) is 77.3 Å². The summed E-state index contributed by atoms with van der Waals surface area (Å²) in [4.78, 5) is 0. The second kappa shape index (κ2) is 24.1. The standard InChI is InChI=1S/C38H42N4.C2H4I.2CHF3O3S.2HI.V/c1-37(2)29-13-9-11-15-31(29)41(7)35(37)23-19-27-17-21-33(39(5)25-27)34-22-18-28(26-40(34)6)20-24-36-38(3,4)30-14-10-12-16-32(30)42(36)8;1-2-3;2*2-1(3,4)8(5,6)7;;;/h9-26H,1-8H3;2H,1H3;2*(H,5,6,7);2*1H;/q+4;-1;;;;;/p-4/b23-19+,24-20+;;;;;;. The minimum Gasteiger partial charge on any atom is -1.00 e. The van der Waals surface area contributed by atoms with Crippen LogP contribution in [0.5, 0.6) is 0 Å². The zero-order valence-corrected chi connectivity index (χ0v) is 45.4. The zero-order valence-electron chi connectivity index (χ0n) is 35.9. The van der Waals surface area contributed by atoms with E-state index in [0.717, 1.165) is 0 Å². The van der Waals surface area contributed by atoms with Crippen molar-refractivity contribution in [3.8, 4) is 11.4 Å². The number of hydrogen-bond acceptors (Lipinski definition) is 6. The smallest absolute Gasteiger partial charge is 0.485 e. The molecule has 0 bridgehead atoms. The van der Waals surface area contributed by atoms with Crippen LogP contribution in [-0.4, -0.2) is 71.6 Å². The van der Waals surface area contributed by atoms with Gasteiger partial charge in [0.1, 0.15) is 28.2 Å². The van der Waals surface area contributed by atoms with Gasteiger partial charge in [-0.3, -0.25) is 4.43 Å². The van der Waals surface area contributed by atoms with Crippen LogP contribution in [0.15, 0.2) is 97.3 Å². The van der Waals surface area contributed by atoms with Gasteiger partial charge in [0, 0.05) is 77.2 Å². The first-order valence-corrected chi connectivity index (χ1v) is 22.2. The summed E-state index contributed by atoms with van der Waals surface area (Å²) in [6, 6.07) is 26.3. The third-order valence-electron chi connectivity index (χ3n) is 9.89. The molecule has 0 fully saturated rings. The van der Waals surface area contributed by atoms with E-state index in [1.54, 1.807) is 0 Å². The normalized spacial score (nSPS) is 15.0. The minimum atomic E-state index is -6.09. The fraction of sp³-hybridized carbons (Fsp3) is 0.310. The van der Waals surface area contributed by atoms with Crippen molar-refractivity contribution < 1.29 is 137 Å². The van der Waals surface area contributed by atoms with Gasteiger partial charge in [-0.05, 0) is 52.0 Å². The summed E-state index contributed by atoms with van der Waals surface area (Å²) in [7, 11) is -3.59. The van der Waals surface area contributed by atoms with Crippen molar-refractivity contribution in [3.05, 3.63) is 124 Å². The fourth-order valence-electron chi connectivity index (χ4n) is 6.94. The molecule has 351 valence electrons. The Balaban J connectivity index is 0.00000152. The van der Waals surface area contributed by atoms with Crippen molar-refractivity contribution in [2.24, 2.45) is 14.1 Å². The molecule has 0 N–H and O–H groups in total. The van der Waals surface area contributed by atoms with E-state index in [0.29, 0.717) is 0 Å². The summed E-state index contributed by atoms with van der Waals surface area (Å²) in [6.45, 7) is 11.2. The van der Waals surface area contributed by atoms with Crippen molar-refractivity contribution in [3.63, 3.8) is 0 Å². The molecule has 6 rings (SSSR count). The van der Waals surface area contributed by atoms with Gasteiger partial charge in [0.05, 0.1) is 10.8 Å². The molecule has 0 aliphatic carbocycles. The molecule has 2 aliphatic heterocycles. The number of hydrogen-bond donors (Lipinski definition) is 0. The van der Waals surface area contributed by atoms with E-state index in [9.17, 15) is 26.3 Å². The van der Waals surface area contributed by atoms with Crippen LogP contribution in [0.1, 0.15) is 56.9 Å². The van der Waals surface area contributed by atoms with Gasteiger partial charge in [0.25, 0.3) is 11.4 Å². The maximum atomic E-state index is 10.7. The van der Waals surface area contributed by atoms with Gasteiger partial charge in [-0.2, -0.15) is 51.6 Å². The number of fused-ring (bicyclic) bond motifs is 2. The first-order valence-electron chi connectivity index (χ1n) is 18.1. The number of benzene rings is 2. The number of aryl methyl sites for hydroxylation is 2. The summed E-state index contributed by atoms with van der Waals surface area (Å²) < 4.78 is 129. The Morgan fingerprint density at radius 1 is 0.578 bits per heavy atom. The molecule has 0 amide bonds. The fourth-order valence-corrected chi connectivity index (χ4v) is 6.94. The second-order valence-electron chi connectivity index (χ2n) is 14.8. The SMILES string of the molecule is C[CH-]I.C[N+]1=C(/C=C/c2ccc(-c3ccc(/C=C/C4=[N+](C)c5ccccc5C4(C)C)c[n+]3C)[n+](C)c2)C(C)(C)c2ccccc21.O=S(=O)([O-])C(F)(F)F.O=S(=O)([O-])C(F)(F)F.[I-].[I-].[V]. The molecule has 22 heteroatoms. The third-order valence-corrected chi connectivity index (χ3v) is 11.0. The predicted molar refractivity (Wildman–Crippen MR) is 228 cm³/mol. The molecule has 0 saturated carbocycles. The zero-order chi connectivity index (χ0) is 46.5. The van der Waals surface area contributed by atoms with Gasteiger partial charge in [-0.25, -0.2) is 16.8 Å².